The second-order valence-corrected chi connectivity index (χ2v) is 2.29. The van der Waals surface area contributed by atoms with E-state index in [0.717, 1.165) is 0 Å². The highest BCUT2D eigenvalue weighted by molar-refractivity contribution is 6.32. The maximum atomic E-state index is 9.19. The minimum Gasteiger partial charge on any atom is -0.506 e. The third-order valence-electron chi connectivity index (χ3n) is 1.24. The molecule has 0 radical (unpaired) electrons. The molecule has 0 aliphatic carbocycles. The topological polar surface area (TPSA) is 20.2 Å². The van der Waals surface area contributed by atoms with Crippen molar-refractivity contribution in [2.75, 3.05) is 0 Å². The minimum atomic E-state index is 0.0965. The van der Waals surface area contributed by atoms with Crippen molar-refractivity contribution in [3.63, 3.8) is 0 Å². The monoisotopic (exact) mass is 154 g/mol. The summed E-state index contributed by atoms with van der Waals surface area (Å²) in [7, 11) is 0. The van der Waals surface area contributed by atoms with Crippen LogP contribution in [0.2, 0.25) is 5.02 Å². The van der Waals surface area contributed by atoms with Gasteiger partial charge in [-0.3, -0.25) is 0 Å². The fourth-order valence-corrected chi connectivity index (χ4v) is 0.879. The maximum absolute atomic E-state index is 9.19. The summed E-state index contributed by atoms with van der Waals surface area (Å²) in [5, 5.41) is 9.55. The first-order valence-electron chi connectivity index (χ1n) is 2.85. The van der Waals surface area contributed by atoms with Gasteiger partial charge in [0, 0.05) is 5.56 Å². The molecule has 0 bridgehead atoms. The fraction of sp³-hybridized carbons (Fsp3) is 0. The number of halogens is 1. The van der Waals surface area contributed by atoms with Gasteiger partial charge in [-0.1, -0.05) is 36.4 Å². The second kappa shape index (κ2) is 2.76. The number of aromatic hydroxyl groups is 1. The molecule has 2 heteroatoms. The van der Waals surface area contributed by atoms with Gasteiger partial charge in [-0.2, -0.15) is 0 Å². The normalized spacial score (nSPS) is 9.30. The molecule has 1 nitrogen and oxygen atoms in total. The van der Waals surface area contributed by atoms with Gasteiger partial charge in [0.25, 0.3) is 0 Å². The van der Waals surface area contributed by atoms with Crippen molar-refractivity contribution in [2.45, 2.75) is 0 Å². The van der Waals surface area contributed by atoms with Crippen LogP contribution in [0.4, 0.5) is 0 Å². The molecule has 0 aromatic heterocycles. The van der Waals surface area contributed by atoms with E-state index in [0.29, 0.717) is 10.6 Å². The van der Waals surface area contributed by atoms with Crippen LogP contribution in [0.5, 0.6) is 5.75 Å². The first-order chi connectivity index (χ1) is 4.75. The van der Waals surface area contributed by atoms with Crippen molar-refractivity contribution < 1.29 is 5.11 Å². The predicted molar refractivity (Wildman–Crippen MR) is 43.2 cm³/mol. The third-order valence-corrected chi connectivity index (χ3v) is 1.54. The van der Waals surface area contributed by atoms with Crippen LogP contribution in [0.1, 0.15) is 5.56 Å². The van der Waals surface area contributed by atoms with Crippen LogP contribution in [0.3, 0.4) is 0 Å². The highest BCUT2D eigenvalue weighted by Gasteiger charge is 1.99. The molecule has 0 unspecified atom stereocenters. The highest BCUT2D eigenvalue weighted by Crippen LogP contribution is 2.27. The number of phenolic OH excluding ortho intramolecular Hbond substituents is 1. The molecule has 52 valence electrons. The van der Waals surface area contributed by atoms with Crippen LogP contribution in [0.15, 0.2) is 24.8 Å². The molecule has 1 rings (SSSR count). The van der Waals surface area contributed by atoms with Gasteiger partial charge >= 0.3 is 0 Å². The Bertz CT molecular complexity index is 255. The predicted octanol–water partition coefficient (Wildman–Crippen LogP) is 2.69. The smallest absolute Gasteiger partial charge is 0.141 e. The quantitative estimate of drug-likeness (QED) is 0.660. The number of hydrogen-bond donors (Lipinski definition) is 1. The molecule has 0 aliphatic heterocycles. The third kappa shape index (κ3) is 1.14. The maximum Gasteiger partial charge on any atom is 0.141 e. The lowest BCUT2D eigenvalue weighted by Crippen LogP contribution is -1.73. The van der Waals surface area contributed by atoms with Gasteiger partial charge in [0.05, 0.1) is 5.02 Å². The first-order valence-corrected chi connectivity index (χ1v) is 3.23. The van der Waals surface area contributed by atoms with Gasteiger partial charge in [-0.25, -0.2) is 0 Å². The van der Waals surface area contributed by atoms with Gasteiger partial charge < -0.3 is 5.11 Å². The van der Waals surface area contributed by atoms with Crippen LogP contribution in [0, 0.1) is 0 Å². The molecular weight excluding hydrogens is 148 g/mol. The van der Waals surface area contributed by atoms with Crippen molar-refractivity contribution in [2.24, 2.45) is 0 Å². The molecule has 0 fully saturated rings. The second-order valence-electron chi connectivity index (χ2n) is 1.88. The summed E-state index contributed by atoms with van der Waals surface area (Å²) >= 11 is 5.59. The molecule has 1 aromatic carbocycles. The number of para-hydroxylation sites is 1. The molecule has 0 atom stereocenters. The average Bonchev–Trinajstić information content (AvgIpc) is 1.95. The Hall–Kier alpha value is -0.950. The SMILES string of the molecule is C=Cc1cccc(Cl)c1O. The van der Waals surface area contributed by atoms with Crippen molar-refractivity contribution in [3.8, 4) is 5.75 Å². The largest absolute Gasteiger partial charge is 0.506 e. The standard InChI is InChI=1S/C8H7ClO/c1-2-6-4-3-5-7(9)8(6)10/h2-5,10H,1H2. The Morgan fingerprint density at radius 2 is 2.20 bits per heavy atom. The van der Waals surface area contributed by atoms with E-state index in [1.54, 1.807) is 24.3 Å². The van der Waals surface area contributed by atoms with Crippen LogP contribution in [-0.4, -0.2) is 5.11 Å². The summed E-state index contributed by atoms with van der Waals surface area (Å²) in [6.07, 6.45) is 1.56. The Balaban J connectivity index is 3.27. The lowest BCUT2D eigenvalue weighted by molar-refractivity contribution is 0.474. The van der Waals surface area contributed by atoms with Crippen LogP contribution in [-0.2, 0) is 0 Å². The van der Waals surface area contributed by atoms with E-state index in [2.05, 4.69) is 6.58 Å². The lowest BCUT2D eigenvalue weighted by Gasteiger charge is -1.98. The number of rotatable bonds is 1. The molecular formula is C8H7ClO. The Kier molecular flexibility index (Phi) is 1.97. The van der Waals surface area contributed by atoms with Crippen molar-refractivity contribution in [1.82, 2.24) is 0 Å². The zero-order valence-corrected chi connectivity index (χ0v) is 6.10. The van der Waals surface area contributed by atoms with Gasteiger partial charge in [-0.05, 0) is 6.07 Å². The van der Waals surface area contributed by atoms with E-state index in [9.17, 15) is 5.11 Å². The van der Waals surface area contributed by atoms with E-state index >= 15 is 0 Å². The van der Waals surface area contributed by atoms with E-state index in [4.69, 9.17) is 11.6 Å². The van der Waals surface area contributed by atoms with Gasteiger partial charge in [0.2, 0.25) is 0 Å². The van der Waals surface area contributed by atoms with Crippen molar-refractivity contribution >= 4 is 17.7 Å². The molecule has 0 aliphatic rings. The molecule has 0 amide bonds. The summed E-state index contributed by atoms with van der Waals surface area (Å²) in [6.45, 7) is 3.51. The summed E-state index contributed by atoms with van der Waals surface area (Å²) in [5.41, 5.74) is 0.660. The van der Waals surface area contributed by atoms with Crippen molar-refractivity contribution in [1.29, 1.82) is 0 Å². The number of phenols is 1. The highest BCUT2D eigenvalue weighted by atomic mass is 35.5. The summed E-state index contributed by atoms with van der Waals surface area (Å²) in [6, 6.07) is 5.14. The molecule has 0 saturated carbocycles. The average molecular weight is 155 g/mol. The Morgan fingerprint density at radius 1 is 1.50 bits per heavy atom. The molecule has 0 saturated heterocycles. The van der Waals surface area contributed by atoms with Gasteiger partial charge in [0.15, 0.2) is 0 Å². The molecule has 1 N–H and O–H groups in total. The number of hydrogen-bond acceptors (Lipinski definition) is 1. The van der Waals surface area contributed by atoms with E-state index < -0.39 is 0 Å². The zero-order valence-electron chi connectivity index (χ0n) is 5.34. The summed E-state index contributed by atoms with van der Waals surface area (Å²) in [5.74, 6) is 0.0965. The van der Waals surface area contributed by atoms with Crippen LogP contribution >= 0.6 is 11.6 Å². The van der Waals surface area contributed by atoms with Gasteiger partial charge in [0.1, 0.15) is 5.75 Å². The van der Waals surface area contributed by atoms with E-state index in [1.807, 2.05) is 0 Å². The first kappa shape index (κ1) is 7.16. The Labute approximate surface area is 64.6 Å². The van der Waals surface area contributed by atoms with E-state index in [1.165, 1.54) is 0 Å². The van der Waals surface area contributed by atoms with Gasteiger partial charge in [-0.15, -0.1) is 0 Å². The Morgan fingerprint density at radius 3 is 2.70 bits per heavy atom. The van der Waals surface area contributed by atoms with Crippen LogP contribution < -0.4 is 0 Å². The summed E-state index contributed by atoms with van der Waals surface area (Å²) in [4.78, 5) is 0. The summed E-state index contributed by atoms with van der Waals surface area (Å²) < 4.78 is 0. The van der Waals surface area contributed by atoms with Crippen LogP contribution in [0.25, 0.3) is 6.08 Å². The molecule has 0 heterocycles. The molecule has 10 heavy (non-hydrogen) atoms. The minimum absolute atomic E-state index is 0.0965. The fourth-order valence-electron chi connectivity index (χ4n) is 0.697. The van der Waals surface area contributed by atoms with E-state index in [-0.39, 0.29) is 5.75 Å². The lowest BCUT2D eigenvalue weighted by atomic mass is 10.2. The van der Waals surface area contributed by atoms with Crippen molar-refractivity contribution in [3.05, 3.63) is 35.4 Å². The zero-order chi connectivity index (χ0) is 7.56. The molecule has 0 spiro atoms. The number of benzene rings is 1. The molecule has 1 aromatic rings.